The smallest absolute Gasteiger partial charge is 0.304 e. The average Bonchev–Trinajstić information content (AvgIpc) is 2.84. The Morgan fingerprint density at radius 3 is 3.00 bits per heavy atom. The Bertz CT molecular complexity index is 476. The highest BCUT2D eigenvalue weighted by atomic mass is 32.1. The van der Waals surface area contributed by atoms with Crippen molar-refractivity contribution >= 4 is 17.3 Å². The molecule has 0 aliphatic carbocycles. The van der Waals surface area contributed by atoms with Crippen molar-refractivity contribution in [1.29, 1.82) is 0 Å². The first-order chi connectivity index (χ1) is 7.68. The van der Waals surface area contributed by atoms with Crippen LogP contribution < -0.4 is 0 Å². The Morgan fingerprint density at radius 1 is 1.69 bits per heavy atom. The van der Waals surface area contributed by atoms with Crippen LogP contribution >= 0.6 is 11.3 Å². The van der Waals surface area contributed by atoms with Crippen molar-refractivity contribution in [2.45, 2.75) is 12.3 Å². The standard InChI is InChI=1S/C11H12N2O2S/c1-13-5-4-12-11(13)8(7-10(14)15)9-3-2-6-16-9/h2-6,8H,7H2,1H3,(H,14,15). The number of aryl methyl sites for hydroxylation is 1. The van der Waals surface area contributed by atoms with Crippen molar-refractivity contribution in [3.05, 3.63) is 40.6 Å². The molecule has 4 nitrogen and oxygen atoms in total. The maximum absolute atomic E-state index is 10.9. The molecule has 0 aliphatic rings. The predicted molar refractivity (Wildman–Crippen MR) is 61.6 cm³/mol. The molecule has 0 bridgehead atoms. The SMILES string of the molecule is Cn1ccnc1C(CC(=O)O)c1cccs1. The van der Waals surface area contributed by atoms with Gasteiger partial charge in [0.15, 0.2) is 0 Å². The van der Waals surface area contributed by atoms with Crippen LogP contribution in [0.1, 0.15) is 23.0 Å². The number of thiophene rings is 1. The summed E-state index contributed by atoms with van der Waals surface area (Å²) < 4.78 is 1.87. The van der Waals surface area contributed by atoms with E-state index in [4.69, 9.17) is 5.11 Å². The summed E-state index contributed by atoms with van der Waals surface area (Å²) in [5.74, 6) is -0.163. The van der Waals surface area contributed by atoms with Crippen LogP contribution in [0.15, 0.2) is 29.9 Å². The molecule has 1 atom stereocenters. The van der Waals surface area contributed by atoms with E-state index in [1.807, 2.05) is 35.3 Å². The molecule has 2 aromatic heterocycles. The Kier molecular flexibility index (Phi) is 3.05. The zero-order valence-corrected chi connectivity index (χ0v) is 9.65. The van der Waals surface area contributed by atoms with Crippen molar-refractivity contribution in [1.82, 2.24) is 9.55 Å². The molecule has 0 spiro atoms. The minimum atomic E-state index is -0.804. The monoisotopic (exact) mass is 236 g/mol. The van der Waals surface area contributed by atoms with E-state index in [0.717, 1.165) is 10.7 Å². The van der Waals surface area contributed by atoms with Gasteiger partial charge in [0.2, 0.25) is 0 Å². The molecule has 0 aliphatic heterocycles. The molecule has 84 valence electrons. The lowest BCUT2D eigenvalue weighted by atomic mass is 10.0. The van der Waals surface area contributed by atoms with Crippen molar-refractivity contribution in [2.75, 3.05) is 0 Å². The van der Waals surface area contributed by atoms with Crippen molar-refractivity contribution in [2.24, 2.45) is 7.05 Å². The molecule has 0 saturated heterocycles. The third kappa shape index (κ3) is 2.14. The lowest BCUT2D eigenvalue weighted by molar-refractivity contribution is -0.137. The number of nitrogens with zero attached hydrogens (tertiary/aromatic N) is 2. The van der Waals surface area contributed by atoms with Gasteiger partial charge in [-0.3, -0.25) is 4.79 Å². The van der Waals surface area contributed by atoms with Crippen molar-refractivity contribution in [3.63, 3.8) is 0 Å². The highest BCUT2D eigenvalue weighted by Gasteiger charge is 2.22. The van der Waals surface area contributed by atoms with Gasteiger partial charge >= 0.3 is 5.97 Å². The van der Waals surface area contributed by atoms with Crippen LogP contribution in [0.3, 0.4) is 0 Å². The predicted octanol–water partition coefficient (Wildman–Crippen LogP) is 2.09. The fourth-order valence-electron chi connectivity index (χ4n) is 1.70. The number of hydrogen-bond acceptors (Lipinski definition) is 3. The molecule has 1 N–H and O–H groups in total. The van der Waals surface area contributed by atoms with Crippen LogP contribution in [0.25, 0.3) is 0 Å². The number of imidazole rings is 1. The van der Waals surface area contributed by atoms with E-state index in [2.05, 4.69) is 4.98 Å². The van der Waals surface area contributed by atoms with Crippen molar-refractivity contribution < 1.29 is 9.90 Å². The minimum Gasteiger partial charge on any atom is -0.481 e. The molecular weight excluding hydrogens is 224 g/mol. The molecule has 0 aromatic carbocycles. The molecule has 0 saturated carbocycles. The van der Waals surface area contributed by atoms with Crippen LogP contribution in [0.5, 0.6) is 0 Å². The van der Waals surface area contributed by atoms with Crippen LogP contribution in [-0.2, 0) is 11.8 Å². The summed E-state index contributed by atoms with van der Waals surface area (Å²) in [5, 5.41) is 10.9. The zero-order chi connectivity index (χ0) is 11.5. The fraction of sp³-hybridized carbons (Fsp3) is 0.273. The maximum Gasteiger partial charge on any atom is 0.304 e. The second-order valence-electron chi connectivity index (χ2n) is 3.56. The third-order valence-corrected chi connectivity index (χ3v) is 3.42. The Balaban J connectivity index is 2.36. The normalized spacial score (nSPS) is 12.6. The minimum absolute atomic E-state index is 0.0748. The molecule has 2 rings (SSSR count). The summed E-state index contributed by atoms with van der Waals surface area (Å²) in [5.41, 5.74) is 0. The quantitative estimate of drug-likeness (QED) is 0.884. The second kappa shape index (κ2) is 4.49. The maximum atomic E-state index is 10.9. The molecule has 16 heavy (non-hydrogen) atoms. The molecule has 5 heteroatoms. The lowest BCUT2D eigenvalue weighted by Gasteiger charge is -2.12. The van der Waals surface area contributed by atoms with Gasteiger partial charge in [0.1, 0.15) is 5.82 Å². The summed E-state index contributed by atoms with van der Waals surface area (Å²) in [4.78, 5) is 16.1. The van der Waals surface area contributed by atoms with Gasteiger partial charge in [-0.15, -0.1) is 11.3 Å². The summed E-state index contributed by atoms with van der Waals surface area (Å²) in [7, 11) is 1.88. The Morgan fingerprint density at radius 2 is 2.50 bits per heavy atom. The van der Waals surface area contributed by atoms with E-state index in [1.165, 1.54) is 0 Å². The highest BCUT2D eigenvalue weighted by molar-refractivity contribution is 7.10. The topological polar surface area (TPSA) is 55.1 Å². The van der Waals surface area contributed by atoms with E-state index in [9.17, 15) is 4.79 Å². The zero-order valence-electron chi connectivity index (χ0n) is 8.83. The first kappa shape index (κ1) is 10.9. The molecular formula is C11H12N2O2S. The first-order valence-corrected chi connectivity index (χ1v) is 5.79. The van der Waals surface area contributed by atoms with Gasteiger partial charge in [0.25, 0.3) is 0 Å². The van der Waals surface area contributed by atoms with Gasteiger partial charge in [-0.1, -0.05) is 6.07 Å². The molecule has 2 aromatic rings. The average molecular weight is 236 g/mol. The summed E-state index contributed by atoms with van der Waals surface area (Å²) >= 11 is 1.56. The van der Waals surface area contributed by atoms with E-state index < -0.39 is 5.97 Å². The largest absolute Gasteiger partial charge is 0.481 e. The van der Waals surface area contributed by atoms with Crippen molar-refractivity contribution in [3.8, 4) is 0 Å². The molecule has 0 radical (unpaired) electrons. The number of aliphatic carboxylic acids is 1. The van der Waals surface area contributed by atoms with Gasteiger partial charge in [0, 0.05) is 24.3 Å². The Hall–Kier alpha value is -1.62. The van der Waals surface area contributed by atoms with E-state index in [0.29, 0.717) is 0 Å². The number of carbonyl (C=O) groups is 1. The van der Waals surface area contributed by atoms with Gasteiger partial charge < -0.3 is 9.67 Å². The van der Waals surface area contributed by atoms with Crippen LogP contribution in [0, 0.1) is 0 Å². The summed E-state index contributed by atoms with van der Waals surface area (Å²) in [6.45, 7) is 0. The fourth-order valence-corrected chi connectivity index (χ4v) is 2.52. The van der Waals surface area contributed by atoms with Crippen LogP contribution in [0.2, 0.25) is 0 Å². The van der Waals surface area contributed by atoms with Gasteiger partial charge in [0.05, 0.1) is 12.3 Å². The van der Waals surface area contributed by atoms with E-state index >= 15 is 0 Å². The second-order valence-corrected chi connectivity index (χ2v) is 4.54. The summed E-state index contributed by atoms with van der Waals surface area (Å²) in [6.07, 6.45) is 3.60. The molecule has 2 heterocycles. The summed E-state index contributed by atoms with van der Waals surface area (Å²) in [6, 6.07) is 3.88. The number of carboxylic acids is 1. The molecule has 0 fully saturated rings. The number of hydrogen-bond donors (Lipinski definition) is 1. The third-order valence-electron chi connectivity index (χ3n) is 2.44. The molecule has 1 unspecified atom stereocenters. The van der Waals surface area contributed by atoms with Gasteiger partial charge in [-0.05, 0) is 11.4 Å². The number of carboxylic acid groups (broad SMARTS) is 1. The van der Waals surface area contributed by atoms with Crippen LogP contribution in [-0.4, -0.2) is 20.6 Å². The van der Waals surface area contributed by atoms with Gasteiger partial charge in [-0.25, -0.2) is 4.98 Å². The molecule has 0 amide bonds. The lowest BCUT2D eigenvalue weighted by Crippen LogP contribution is -2.11. The van der Waals surface area contributed by atoms with E-state index in [1.54, 1.807) is 17.5 Å². The van der Waals surface area contributed by atoms with E-state index in [-0.39, 0.29) is 12.3 Å². The first-order valence-electron chi connectivity index (χ1n) is 4.91. The number of aromatic nitrogens is 2. The highest BCUT2D eigenvalue weighted by Crippen LogP contribution is 2.29. The van der Waals surface area contributed by atoms with Crippen LogP contribution in [0.4, 0.5) is 0 Å². The number of rotatable bonds is 4. The van der Waals surface area contributed by atoms with Gasteiger partial charge in [-0.2, -0.15) is 0 Å². The Labute approximate surface area is 97.2 Å².